The van der Waals surface area contributed by atoms with Gasteiger partial charge in [0.15, 0.2) is 6.61 Å². The lowest BCUT2D eigenvalue weighted by Crippen LogP contribution is -2.42. The van der Waals surface area contributed by atoms with Gasteiger partial charge in [0.05, 0.1) is 5.56 Å². The van der Waals surface area contributed by atoms with Gasteiger partial charge in [0.1, 0.15) is 5.00 Å². The van der Waals surface area contributed by atoms with Crippen molar-refractivity contribution in [1.82, 2.24) is 5.32 Å². The predicted molar refractivity (Wildman–Crippen MR) is 105 cm³/mol. The van der Waals surface area contributed by atoms with Crippen molar-refractivity contribution in [3.8, 4) is 0 Å². The zero-order valence-electron chi connectivity index (χ0n) is 16.1. The summed E-state index contributed by atoms with van der Waals surface area (Å²) in [7, 11) is 0. The Morgan fingerprint density at radius 3 is 2.59 bits per heavy atom. The molecule has 27 heavy (non-hydrogen) atoms. The molecule has 0 bridgehead atoms. The van der Waals surface area contributed by atoms with E-state index in [1.54, 1.807) is 0 Å². The summed E-state index contributed by atoms with van der Waals surface area (Å²) in [6.07, 6.45) is 8.25. The molecule has 1 heterocycles. The maximum Gasteiger partial charge on any atom is 0.341 e. The number of esters is 1. The summed E-state index contributed by atoms with van der Waals surface area (Å²) in [5, 5.41) is 6.29. The Bertz CT molecular complexity index is 728. The minimum absolute atomic E-state index is 0.161. The average Bonchev–Trinajstić information content (AvgIpc) is 2.98. The Balaban J connectivity index is 1.64. The van der Waals surface area contributed by atoms with Crippen LogP contribution >= 0.6 is 11.3 Å². The number of fused-ring (bicyclic) bond motifs is 1. The van der Waals surface area contributed by atoms with Gasteiger partial charge >= 0.3 is 5.97 Å². The lowest BCUT2D eigenvalue weighted by atomic mass is 9.86. The fourth-order valence-electron chi connectivity index (χ4n) is 4.01. The van der Waals surface area contributed by atoms with E-state index in [4.69, 9.17) is 4.74 Å². The molecule has 1 aromatic rings. The first kappa shape index (κ1) is 19.9. The second-order valence-corrected chi connectivity index (χ2v) is 8.71. The smallest absolute Gasteiger partial charge is 0.341 e. The van der Waals surface area contributed by atoms with E-state index < -0.39 is 5.97 Å². The molecule has 7 heteroatoms. The van der Waals surface area contributed by atoms with Crippen LogP contribution in [-0.2, 0) is 27.2 Å². The summed E-state index contributed by atoms with van der Waals surface area (Å²) in [5.74, 6) is -0.544. The summed E-state index contributed by atoms with van der Waals surface area (Å²) < 4.78 is 5.32. The highest BCUT2D eigenvalue weighted by Crippen LogP contribution is 2.38. The number of nitrogens with one attached hydrogen (secondary N) is 2. The van der Waals surface area contributed by atoms with Crippen molar-refractivity contribution in [3.05, 3.63) is 16.0 Å². The summed E-state index contributed by atoms with van der Waals surface area (Å²) in [6, 6.07) is 0.161. The molecule has 2 aliphatic carbocycles. The highest BCUT2D eigenvalue weighted by atomic mass is 32.1. The van der Waals surface area contributed by atoms with E-state index in [9.17, 15) is 14.4 Å². The van der Waals surface area contributed by atoms with Crippen LogP contribution in [0.1, 0.15) is 73.2 Å². The molecule has 6 nitrogen and oxygen atoms in total. The van der Waals surface area contributed by atoms with Crippen LogP contribution < -0.4 is 10.6 Å². The van der Waals surface area contributed by atoms with Gasteiger partial charge in [0.2, 0.25) is 5.91 Å². The number of ether oxygens (including phenoxy) is 1. The first-order chi connectivity index (χ1) is 13.0. The van der Waals surface area contributed by atoms with E-state index >= 15 is 0 Å². The van der Waals surface area contributed by atoms with E-state index in [0.717, 1.165) is 55.4 Å². The molecule has 148 valence electrons. The average molecular weight is 393 g/mol. The molecule has 0 radical (unpaired) electrons. The van der Waals surface area contributed by atoms with Crippen molar-refractivity contribution in [2.75, 3.05) is 11.9 Å². The molecule has 2 atom stereocenters. The van der Waals surface area contributed by atoms with E-state index in [0.29, 0.717) is 16.5 Å². The van der Waals surface area contributed by atoms with Crippen LogP contribution in [0.4, 0.5) is 5.00 Å². The predicted octanol–water partition coefficient (Wildman–Crippen LogP) is 3.44. The van der Waals surface area contributed by atoms with Crippen molar-refractivity contribution in [1.29, 1.82) is 0 Å². The van der Waals surface area contributed by atoms with Crippen molar-refractivity contribution in [2.45, 2.75) is 71.3 Å². The van der Waals surface area contributed by atoms with Crippen LogP contribution in [0.15, 0.2) is 0 Å². The Labute approximate surface area is 164 Å². The van der Waals surface area contributed by atoms with Crippen LogP contribution in [0.2, 0.25) is 0 Å². The van der Waals surface area contributed by atoms with Crippen molar-refractivity contribution in [2.24, 2.45) is 5.92 Å². The molecular weight excluding hydrogens is 364 g/mol. The molecule has 2 amide bonds. The molecule has 1 saturated carbocycles. The molecule has 2 N–H and O–H groups in total. The monoisotopic (exact) mass is 392 g/mol. The van der Waals surface area contributed by atoms with Gasteiger partial charge in [0.25, 0.3) is 5.91 Å². The van der Waals surface area contributed by atoms with Gasteiger partial charge in [0, 0.05) is 17.8 Å². The quantitative estimate of drug-likeness (QED) is 0.752. The van der Waals surface area contributed by atoms with Crippen LogP contribution in [-0.4, -0.2) is 30.4 Å². The Kier molecular flexibility index (Phi) is 6.52. The van der Waals surface area contributed by atoms with Gasteiger partial charge in [-0.3, -0.25) is 9.59 Å². The van der Waals surface area contributed by atoms with Crippen LogP contribution in [0.3, 0.4) is 0 Å². The minimum atomic E-state index is -0.523. The third-order valence-electron chi connectivity index (χ3n) is 5.46. The van der Waals surface area contributed by atoms with E-state index in [1.807, 2.05) is 0 Å². The second-order valence-electron chi connectivity index (χ2n) is 7.61. The third-order valence-corrected chi connectivity index (χ3v) is 6.66. The fourth-order valence-corrected chi connectivity index (χ4v) is 5.34. The summed E-state index contributed by atoms with van der Waals surface area (Å²) >= 11 is 1.45. The SMILES string of the molecule is CC(=O)Nc1sc2c(c1C(=O)OCC(=O)N[C@H]1CCCC[C@H]1C)CCCC2. The van der Waals surface area contributed by atoms with Crippen LogP contribution in [0.5, 0.6) is 0 Å². The molecule has 0 unspecified atom stereocenters. The Morgan fingerprint density at radius 2 is 1.85 bits per heavy atom. The number of anilines is 1. The molecule has 0 aliphatic heterocycles. The van der Waals surface area contributed by atoms with Crippen molar-refractivity contribution in [3.63, 3.8) is 0 Å². The normalized spacial score (nSPS) is 21.9. The molecule has 1 fully saturated rings. The molecular formula is C20H28N2O4S. The van der Waals surface area contributed by atoms with E-state index in [-0.39, 0.29) is 24.5 Å². The Hall–Kier alpha value is -1.89. The highest BCUT2D eigenvalue weighted by Gasteiger charge is 2.28. The van der Waals surface area contributed by atoms with Gasteiger partial charge in [-0.15, -0.1) is 11.3 Å². The zero-order chi connectivity index (χ0) is 19.4. The fraction of sp³-hybridized carbons (Fsp3) is 0.650. The molecule has 0 spiro atoms. The van der Waals surface area contributed by atoms with Crippen LogP contribution in [0.25, 0.3) is 0 Å². The van der Waals surface area contributed by atoms with Crippen molar-refractivity contribution >= 4 is 34.1 Å². The maximum atomic E-state index is 12.7. The Morgan fingerprint density at radius 1 is 1.11 bits per heavy atom. The van der Waals surface area contributed by atoms with Gasteiger partial charge in [-0.1, -0.05) is 19.8 Å². The van der Waals surface area contributed by atoms with E-state index in [1.165, 1.54) is 24.7 Å². The molecule has 0 aromatic carbocycles. The molecule has 0 saturated heterocycles. The molecule has 1 aromatic heterocycles. The standard InChI is InChI=1S/C20H28N2O4S/c1-12-7-3-5-9-15(12)22-17(24)11-26-20(25)18-14-8-4-6-10-16(14)27-19(18)21-13(2)23/h12,15H,3-11H2,1-2H3,(H,21,23)(H,22,24)/t12-,15+/m1/s1. The first-order valence-corrected chi connectivity index (χ1v) is 10.7. The molecule has 2 aliphatic rings. The zero-order valence-corrected chi connectivity index (χ0v) is 16.9. The van der Waals surface area contributed by atoms with Gasteiger partial charge in [-0.25, -0.2) is 4.79 Å². The number of amides is 2. The lowest BCUT2D eigenvalue weighted by Gasteiger charge is -2.29. The largest absolute Gasteiger partial charge is 0.452 e. The number of aryl methyl sites for hydroxylation is 1. The van der Waals surface area contributed by atoms with Gasteiger partial charge in [-0.05, 0) is 50.0 Å². The topological polar surface area (TPSA) is 84.5 Å². The number of thiophene rings is 1. The number of hydrogen-bond acceptors (Lipinski definition) is 5. The number of hydrogen-bond donors (Lipinski definition) is 2. The number of rotatable bonds is 5. The maximum absolute atomic E-state index is 12.7. The lowest BCUT2D eigenvalue weighted by molar-refractivity contribution is -0.125. The minimum Gasteiger partial charge on any atom is -0.452 e. The second kappa shape index (κ2) is 8.87. The summed E-state index contributed by atoms with van der Waals surface area (Å²) in [5.41, 5.74) is 1.41. The third kappa shape index (κ3) is 4.89. The van der Waals surface area contributed by atoms with E-state index in [2.05, 4.69) is 17.6 Å². The number of carbonyl (C=O) groups excluding carboxylic acids is 3. The van der Waals surface area contributed by atoms with Crippen LogP contribution in [0, 0.1) is 5.92 Å². The van der Waals surface area contributed by atoms with Gasteiger partial charge in [-0.2, -0.15) is 0 Å². The number of carbonyl (C=O) groups is 3. The van der Waals surface area contributed by atoms with Crippen molar-refractivity contribution < 1.29 is 19.1 Å². The van der Waals surface area contributed by atoms with Gasteiger partial charge < -0.3 is 15.4 Å². The first-order valence-electron chi connectivity index (χ1n) is 9.84. The summed E-state index contributed by atoms with van der Waals surface area (Å²) in [4.78, 5) is 37.6. The molecule has 3 rings (SSSR count). The summed E-state index contributed by atoms with van der Waals surface area (Å²) in [6.45, 7) is 3.28. The highest BCUT2D eigenvalue weighted by molar-refractivity contribution is 7.17.